The molecule has 2 nitrogen and oxygen atoms in total. The Bertz CT molecular complexity index is 403. The minimum absolute atomic E-state index is 1.18. The van der Waals surface area contributed by atoms with Crippen molar-refractivity contribution in [1.82, 2.24) is 4.31 Å². The summed E-state index contributed by atoms with van der Waals surface area (Å²) in [5.74, 6) is 0. The van der Waals surface area contributed by atoms with Crippen molar-refractivity contribution >= 4 is 23.5 Å². The summed E-state index contributed by atoms with van der Waals surface area (Å²) in [4.78, 5) is 0. The Morgan fingerprint density at radius 2 is 1.12 bits per heavy atom. The first-order chi connectivity index (χ1) is 8.27. The molecule has 0 unspecified atom stereocenters. The predicted octanol–water partition coefficient (Wildman–Crippen LogP) is 3.95. The number of para-hydroxylation sites is 2. The smallest absolute Gasteiger partial charge is 0.0537 e. The highest BCUT2D eigenvalue weighted by Crippen LogP contribution is 2.32. The van der Waals surface area contributed by atoms with Gasteiger partial charge in [0.05, 0.1) is 11.4 Å². The van der Waals surface area contributed by atoms with Crippen molar-refractivity contribution in [1.29, 1.82) is 0 Å². The van der Waals surface area contributed by atoms with Crippen LogP contribution >= 0.6 is 12.1 Å². The Morgan fingerprint density at radius 1 is 0.706 bits per heavy atom. The van der Waals surface area contributed by atoms with Crippen LogP contribution in [0.3, 0.4) is 0 Å². The summed E-state index contributed by atoms with van der Waals surface area (Å²) < 4.78 is 4.29. The quantitative estimate of drug-likeness (QED) is 0.752. The zero-order valence-electron chi connectivity index (χ0n) is 10.1. The SMILES string of the molecule is CN(C)SN(c1ccccc1)c1ccccc1. The van der Waals surface area contributed by atoms with Crippen molar-refractivity contribution in [3.63, 3.8) is 0 Å². The van der Waals surface area contributed by atoms with E-state index in [4.69, 9.17) is 0 Å². The molecule has 2 aromatic rings. The summed E-state index contributed by atoms with van der Waals surface area (Å²) in [7, 11) is 4.09. The van der Waals surface area contributed by atoms with Crippen molar-refractivity contribution < 1.29 is 0 Å². The van der Waals surface area contributed by atoms with Gasteiger partial charge in [0.1, 0.15) is 0 Å². The monoisotopic (exact) mass is 244 g/mol. The first kappa shape index (κ1) is 12.0. The van der Waals surface area contributed by atoms with Gasteiger partial charge in [-0.15, -0.1) is 0 Å². The van der Waals surface area contributed by atoms with Gasteiger partial charge >= 0.3 is 0 Å². The topological polar surface area (TPSA) is 6.48 Å². The van der Waals surface area contributed by atoms with Crippen LogP contribution in [0.15, 0.2) is 60.7 Å². The highest BCUT2D eigenvalue weighted by atomic mass is 32.2. The molecule has 0 fully saturated rings. The van der Waals surface area contributed by atoms with Gasteiger partial charge in [-0.25, -0.2) is 4.31 Å². The number of hydrogen-bond donors (Lipinski definition) is 0. The Labute approximate surface area is 107 Å². The number of benzene rings is 2. The second kappa shape index (κ2) is 5.75. The maximum absolute atomic E-state index is 2.21. The van der Waals surface area contributed by atoms with Crippen LogP contribution in [0.5, 0.6) is 0 Å². The van der Waals surface area contributed by atoms with Crippen molar-refractivity contribution in [2.24, 2.45) is 0 Å². The second-order valence-electron chi connectivity index (χ2n) is 3.86. The van der Waals surface area contributed by atoms with Gasteiger partial charge in [-0.05, 0) is 38.4 Å². The molecular formula is C14H16N2S. The van der Waals surface area contributed by atoms with E-state index in [0.29, 0.717) is 0 Å². The third-order valence-electron chi connectivity index (χ3n) is 2.23. The number of hydrogen-bond acceptors (Lipinski definition) is 3. The Morgan fingerprint density at radius 3 is 1.47 bits per heavy atom. The van der Waals surface area contributed by atoms with E-state index in [9.17, 15) is 0 Å². The van der Waals surface area contributed by atoms with Crippen LogP contribution in [0.2, 0.25) is 0 Å². The molecule has 3 heteroatoms. The van der Waals surface area contributed by atoms with Crippen LogP contribution < -0.4 is 4.31 Å². The molecule has 0 atom stereocenters. The number of rotatable bonds is 4. The van der Waals surface area contributed by atoms with E-state index in [1.54, 1.807) is 12.1 Å². The summed E-state index contributed by atoms with van der Waals surface area (Å²) in [6, 6.07) is 20.8. The third-order valence-corrected chi connectivity index (χ3v) is 3.14. The molecule has 17 heavy (non-hydrogen) atoms. The van der Waals surface area contributed by atoms with Crippen LogP contribution in [-0.2, 0) is 0 Å². The fourth-order valence-electron chi connectivity index (χ4n) is 1.53. The lowest BCUT2D eigenvalue weighted by atomic mass is 10.3. The van der Waals surface area contributed by atoms with Crippen molar-refractivity contribution in [2.45, 2.75) is 0 Å². The second-order valence-corrected chi connectivity index (χ2v) is 5.12. The minimum atomic E-state index is 1.18. The van der Waals surface area contributed by atoms with Gasteiger partial charge in [-0.3, -0.25) is 4.31 Å². The molecule has 0 N–H and O–H groups in total. The minimum Gasteiger partial charge on any atom is -0.271 e. The Balaban J connectivity index is 2.32. The van der Waals surface area contributed by atoms with E-state index in [1.165, 1.54) is 11.4 Å². The number of anilines is 2. The molecule has 0 bridgehead atoms. The molecule has 0 radical (unpaired) electrons. The fraction of sp³-hybridized carbons (Fsp3) is 0.143. The molecule has 0 aliphatic rings. The normalized spacial score (nSPS) is 10.5. The zero-order valence-corrected chi connectivity index (χ0v) is 10.9. The molecule has 2 aromatic carbocycles. The van der Waals surface area contributed by atoms with Gasteiger partial charge < -0.3 is 0 Å². The number of nitrogens with zero attached hydrogens (tertiary/aromatic N) is 2. The van der Waals surface area contributed by atoms with E-state index in [1.807, 2.05) is 26.2 Å². The summed E-state index contributed by atoms with van der Waals surface area (Å²) in [6.45, 7) is 0. The summed E-state index contributed by atoms with van der Waals surface area (Å²) in [5.41, 5.74) is 2.36. The van der Waals surface area contributed by atoms with Gasteiger partial charge in [0.25, 0.3) is 0 Å². The highest BCUT2D eigenvalue weighted by molar-refractivity contribution is 7.98. The van der Waals surface area contributed by atoms with Crippen LogP contribution in [0, 0.1) is 0 Å². The first-order valence-electron chi connectivity index (χ1n) is 5.53. The van der Waals surface area contributed by atoms with Crippen molar-refractivity contribution in [3.05, 3.63) is 60.7 Å². The van der Waals surface area contributed by atoms with Gasteiger partial charge in [0.2, 0.25) is 0 Å². The molecule has 0 saturated carbocycles. The standard InChI is InChI=1S/C14H16N2S/c1-15(2)17-16(13-9-5-3-6-10-13)14-11-7-4-8-12-14/h3-12H,1-2H3. The lowest BCUT2D eigenvalue weighted by molar-refractivity contribution is 0.702. The van der Waals surface area contributed by atoms with Crippen LogP contribution in [0.25, 0.3) is 0 Å². The van der Waals surface area contributed by atoms with Crippen molar-refractivity contribution in [3.8, 4) is 0 Å². The van der Waals surface area contributed by atoms with Crippen LogP contribution in [0.4, 0.5) is 11.4 Å². The lowest BCUT2D eigenvalue weighted by Gasteiger charge is -2.25. The summed E-state index contributed by atoms with van der Waals surface area (Å²) in [5, 5.41) is 0. The molecular weight excluding hydrogens is 228 g/mol. The maximum atomic E-state index is 2.21. The predicted molar refractivity (Wildman–Crippen MR) is 76.3 cm³/mol. The molecule has 0 heterocycles. The molecule has 0 amide bonds. The molecule has 0 spiro atoms. The molecule has 0 aliphatic carbocycles. The molecule has 0 aliphatic heterocycles. The lowest BCUT2D eigenvalue weighted by Crippen LogP contribution is -2.14. The van der Waals surface area contributed by atoms with E-state index in [-0.39, 0.29) is 0 Å². The largest absolute Gasteiger partial charge is 0.271 e. The Hall–Kier alpha value is -1.45. The van der Waals surface area contributed by atoms with E-state index < -0.39 is 0 Å². The average Bonchev–Trinajstić information content (AvgIpc) is 2.38. The van der Waals surface area contributed by atoms with E-state index >= 15 is 0 Å². The van der Waals surface area contributed by atoms with Crippen LogP contribution in [-0.4, -0.2) is 18.4 Å². The third kappa shape index (κ3) is 3.25. The first-order valence-corrected chi connectivity index (χ1v) is 6.26. The molecule has 0 saturated heterocycles. The summed E-state index contributed by atoms with van der Waals surface area (Å²) >= 11 is 1.67. The fourth-order valence-corrected chi connectivity index (χ4v) is 2.29. The van der Waals surface area contributed by atoms with Gasteiger partial charge in [0.15, 0.2) is 0 Å². The summed E-state index contributed by atoms with van der Waals surface area (Å²) in [6.07, 6.45) is 0. The van der Waals surface area contributed by atoms with Crippen molar-refractivity contribution in [2.75, 3.05) is 18.4 Å². The van der Waals surface area contributed by atoms with Gasteiger partial charge in [-0.2, -0.15) is 0 Å². The van der Waals surface area contributed by atoms with E-state index in [2.05, 4.69) is 57.1 Å². The van der Waals surface area contributed by atoms with Crippen LogP contribution in [0.1, 0.15) is 0 Å². The molecule has 88 valence electrons. The highest BCUT2D eigenvalue weighted by Gasteiger charge is 2.10. The van der Waals surface area contributed by atoms with E-state index in [0.717, 1.165) is 0 Å². The maximum Gasteiger partial charge on any atom is 0.0537 e. The van der Waals surface area contributed by atoms with Gasteiger partial charge in [0, 0.05) is 12.1 Å². The molecule has 2 rings (SSSR count). The Kier molecular flexibility index (Phi) is 4.07. The molecule has 0 aromatic heterocycles. The zero-order chi connectivity index (χ0) is 12.1. The average molecular weight is 244 g/mol. The van der Waals surface area contributed by atoms with Gasteiger partial charge in [-0.1, -0.05) is 36.4 Å².